The number of benzene rings is 2. The molecule has 1 aliphatic heterocycles. The molecule has 0 radical (unpaired) electrons. The number of amidine groups is 1. The number of rotatable bonds is 6. The minimum atomic E-state index is -0.654. The molecule has 2 aromatic rings. The highest BCUT2D eigenvalue weighted by molar-refractivity contribution is 6.39. The summed E-state index contributed by atoms with van der Waals surface area (Å²) in [7, 11) is 0. The maximum absolute atomic E-state index is 12.7. The molecule has 146 valence electrons. The van der Waals surface area contributed by atoms with Crippen molar-refractivity contribution in [3.63, 3.8) is 0 Å². The van der Waals surface area contributed by atoms with E-state index in [4.69, 9.17) is 4.74 Å². The molecule has 0 aliphatic carbocycles. The third kappa shape index (κ3) is 4.31. The van der Waals surface area contributed by atoms with Gasteiger partial charge in [-0.1, -0.05) is 30.3 Å². The lowest BCUT2D eigenvalue weighted by molar-refractivity contribution is -0.120. The maximum atomic E-state index is 12.7. The molecule has 2 aromatic carbocycles. The molecule has 0 saturated heterocycles. The van der Waals surface area contributed by atoms with Crippen molar-refractivity contribution in [3.05, 3.63) is 60.2 Å². The fourth-order valence-electron chi connectivity index (χ4n) is 2.89. The summed E-state index contributed by atoms with van der Waals surface area (Å²) < 4.78 is 5.51. The number of carbonyl (C=O) groups is 2. The van der Waals surface area contributed by atoms with Crippen LogP contribution in [0.2, 0.25) is 0 Å². The number of hydrogen-bond acceptors (Lipinski definition) is 5. The molecular weight excluding hydrogens is 356 g/mol. The quantitative estimate of drug-likeness (QED) is 0.807. The van der Waals surface area contributed by atoms with E-state index in [-0.39, 0.29) is 23.7 Å². The van der Waals surface area contributed by atoms with Gasteiger partial charge in [-0.3, -0.25) is 15.0 Å². The van der Waals surface area contributed by atoms with Crippen molar-refractivity contribution >= 4 is 23.3 Å². The summed E-state index contributed by atoms with van der Waals surface area (Å²) in [4.78, 5) is 29.4. The molecule has 2 amide bonds. The van der Waals surface area contributed by atoms with E-state index in [1.54, 1.807) is 19.1 Å². The second kappa shape index (κ2) is 8.56. The van der Waals surface area contributed by atoms with Gasteiger partial charge in [0, 0.05) is 0 Å². The van der Waals surface area contributed by atoms with Gasteiger partial charge in [0.05, 0.1) is 18.3 Å². The summed E-state index contributed by atoms with van der Waals surface area (Å²) in [6.45, 7) is 6.05. The van der Waals surface area contributed by atoms with Gasteiger partial charge in [-0.15, -0.1) is 0 Å². The molecule has 2 N–H and O–H groups in total. The maximum Gasteiger partial charge on any atom is 0.288 e. The van der Waals surface area contributed by atoms with E-state index < -0.39 is 6.04 Å². The average molecular weight is 380 g/mol. The predicted molar refractivity (Wildman–Crippen MR) is 108 cm³/mol. The number of hydrazine groups is 1. The molecule has 3 rings (SSSR count). The highest BCUT2D eigenvalue weighted by atomic mass is 16.5. The Morgan fingerprint density at radius 3 is 2.71 bits per heavy atom. The van der Waals surface area contributed by atoms with Gasteiger partial charge in [-0.05, 0) is 50.6 Å². The Balaban J connectivity index is 1.73. The van der Waals surface area contributed by atoms with Gasteiger partial charge in [-0.25, -0.2) is 10.0 Å². The number of para-hydroxylation sites is 1. The van der Waals surface area contributed by atoms with E-state index in [1.165, 1.54) is 5.01 Å². The Bertz CT molecular complexity index is 882. The summed E-state index contributed by atoms with van der Waals surface area (Å²) in [5.74, 6) is 0.252. The van der Waals surface area contributed by atoms with Crippen molar-refractivity contribution in [1.82, 2.24) is 10.7 Å². The summed E-state index contributed by atoms with van der Waals surface area (Å²) in [5, 5.41) is 4.27. The van der Waals surface area contributed by atoms with Crippen molar-refractivity contribution in [2.45, 2.75) is 32.9 Å². The molecule has 7 nitrogen and oxygen atoms in total. The van der Waals surface area contributed by atoms with E-state index in [0.29, 0.717) is 12.3 Å². The zero-order chi connectivity index (χ0) is 20.1. The van der Waals surface area contributed by atoms with Gasteiger partial charge >= 0.3 is 0 Å². The summed E-state index contributed by atoms with van der Waals surface area (Å²) in [6.07, 6.45) is 0. The minimum Gasteiger partial charge on any atom is -0.494 e. The van der Waals surface area contributed by atoms with Crippen molar-refractivity contribution in [2.75, 3.05) is 11.6 Å². The van der Waals surface area contributed by atoms with Gasteiger partial charge in [0.2, 0.25) is 5.84 Å². The van der Waals surface area contributed by atoms with Crippen LogP contribution in [0.5, 0.6) is 5.75 Å². The largest absolute Gasteiger partial charge is 0.494 e. The van der Waals surface area contributed by atoms with Gasteiger partial charge < -0.3 is 10.1 Å². The first kappa shape index (κ1) is 19.4. The third-order valence-corrected chi connectivity index (χ3v) is 4.36. The Hall–Kier alpha value is -3.35. The smallest absolute Gasteiger partial charge is 0.288 e. The van der Waals surface area contributed by atoms with Crippen LogP contribution in [0.4, 0.5) is 5.69 Å². The first-order valence-corrected chi connectivity index (χ1v) is 9.26. The number of nitrogens with zero attached hydrogens (tertiary/aromatic N) is 2. The van der Waals surface area contributed by atoms with Crippen LogP contribution >= 0.6 is 0 Å². The zero-order valence-corrected chi connectivity index (χ0v) is 16.2. The highest BCUT2D eigenvalue weighted by Gasteiger charge is 2.31. The standard InChI is InChI=1S/C21H24N4O3/c1-4-28-18-12-8-9-16(13-18)14(2)23-20(26)19-22-15(3)21(27)25(24-19)17-10-6-5-7-11-17/h5-15H,4H2,1-3H3,(H,22,24)(H,23,26). The molecule has 28 heavy (non-hydrogen) atoms. The second-order valence-corrected chi connectivity index (χ2v) is 6.48. The first-order chi connectivity index (χ1) is 13.5. The van der Waals surface area contributed by atoms with E-state index >= 15 is 0 Å². The number of aliphatic imine (C=N–C) groups is 1. The molecule has 0 aromatic heterocycles. The van der Waals surface area contributed by atoms with E-state index in [2.05, 4.69) is 15.7 Å². The van der Waals surface area contributed by atoms with Crippen molar-refractivity contribution in [1.29, 1.82) is 0 Å². The Labute approximate surface area is 164 Å². The molecule has 2 atom stereocenters. The van der Waals surface area contributed by atoms with Crippen molar-refractivity contribution in [2.24, 2.45) is 4.99 Å². The van der Waals surface area contributed by atoms with E-state index in [1.807, 2.05) is 56.3 Å². The molecule has 2 unspecified atom stereocenters. The summed E-state index contributed by atoms with van der Waals surface area (Å²) in [5.41, 5.74) is 4.40. The average Bonchev–Trinajstić information content (AvgIpc) is 2.71. The van der Waals surface area contributed by atoms with E-state index in [9.17, 15) is 9.59 Å². The highest BCUT2D eigenvalue weighted by Crippen LogP contribution is 2.20. The second-order valence-electron chi connectivity index (χ2n) is 6.48. The molecule has 0 bridgehead atoms. The van der Waals surface area contributed by atoms with Crippen LogP contribution in [0.1, 0.15) is 32.4 Å². The summed E-state index contributed by atoms with van der Waals surface area (Å²) >= 11 is 0. The minimum absolute atomic E-state index is 0.101. The van der Waals surface area contributed by atoms with Crippen LogP contribution in [-0.4, -0.2) is 30.3 Å². The number of anilines is 1. The molecule has 0 fully saturated rings. The number of hydrogen-bond donors (Lipinski definition) is 2. The predicted octanol–water partition coefficient (Wildman–Crippen LogP) is 2.60. The van der Waals surface area contributed by atoms with Crippen LogP contribution < -0.4 is 20.5 Å². The lowest BCUT2D eigenvalue weighted by Gasteiger charge is -2.31. The van der Waals surface area contributed by atoms with E-state index in [0.717, 1.165) is 11.3 Å². The monoisotopic (exact) mass is 380 g/mol. The van der Waals surface area contributed by atoms with Crippen LogP contribution in [0.25, 0.3) is 0 Å². The van der Waals surface area contributed by atoms with Gasteiger partial charge in [0.1, 0.15) is 11.8 Å². The molecule has 0 spiro atoms. The Morgan fingerprint density at radius 2 is 2.00 bits per heavy atom. The lowest BCUT2D eigenvalue weighted by atomic mass is 10.1. The molecule has 7 heteroatoms. The molecule has 0 saturated carbocycles. The number of ether oxygens (including phenoxy) is 1. The van der Waals surface area contributed by atoms with Gasteiger partial charge in [-0.2, -0.15) is 0 Å². The SMILES string of the molecule is CCOc1cccc(C(C)NC(=O)C2=NC(C)C(=O)N(c3ccccc3)N2)c1. The number of nitrogens with one attached hydrogen (secondary N) is 2. The lowest BCUT2D eigenvalue weighted by Crippen LogP contribution is -2.58. The third-order valence-electron chi connectivity index (χ3n) is 4.36. The summed E-state index contributed by atoms with van der Waals surface area (Å²) in [6, 6.07) is 15.8. The fraction of sp³-hybridized carbons (Fsp3) is 0.286. The molecule has 1 heterocycles. The fourth-order valence-corrected chi connectivity index (χ4v) is 2.89. The topological polar surface area (TPSA) is 83.0 Å². The first-order valence-electron chi connectivity index (χ1n) is 9.26. The molecule has 1 aliphatic rings. The van der Waals surface area contributed by atoms with Crippen molar-refractivity contribution < 1.29 is 14.3 Å². The van der Waals surface area contributed by atoms with Crippen molar-refractivity contribution in [3.8, 4) is 5.75 Å². The van der Waals surface area contributed by atoms with Crippen LogP contribution in [-0.2, 0) is 9.59 Å². The normalized spacial score (nSPS) is 17.4. The van der Waals surface area contributed by atoms with Gasteiger partial charge in [0.25, 0.3) is 11.8 Å². The molecular formula is C21H24N4O3. The van der Waals surface area contributed by atoms with Crippen LogP contribution in [0.15, 0.2) is 59.6 Å². The Morgan fingerprint density at radius 1 is 1.25 bits per heavy atom. The number of carbonyl (C=O) groups excluding carboxylic acids is 2. The van der Waals surface area contributed by atoms with Crippen LogP contribution in [0, 0.1) is 0 Å². The van der Waals surface area contributed by atoms with Gasteiger partial charge in [0.15, 0.2) is 0 Å². The van der Waals surface area contributed by atoms with Crippen LogP contribution in [0.3, 0.4) is 0 Å². The zero-order valence-electron chi connectivity index (χ0n) is 16.2. The Kier molecular flexibility index (Phi) is 5.93. The number of amides is 2.